The number of aliphatic hydroxyl groups is 1. The third kappa shape index (κ3) is 4.62. The number of carboxylic acid groups (broad SMARTS) is 1. The van der Waals surface area contributed by atoms with Gasteiger partial charge < -0.3 is 25.3 Å². The minimum absolute atomic E-state index is 0.0937. The standard InChI is InChI=1S/C20H22N2O4/c23-15(13-26-16-6-2-1-3-7-16)12-22-19(20(24)25)10-14-11-21-18-9-5-4-8-17(14)18/h1-9,11,15,19,21-23H,10,12-13H2,(H,24,25)/t15-,19+/m1/s1. The molecule has 6 heteroatoms. The second kappa shape index (κ2) is 8.51. The summed E-state index contributed by atoms with van der Waals surface area (Å²) in [5.41, 5.74) is 1.90. The molecule has 0 aliphatic heterocycles. The Labute approximate surface area is 151 Å². The summed E-state index contributed by atoms with van der Waals surface area (Å²) < 4.78 is 5.48. The van der Waals surface area contributed by atoms with Crippen LogP contribution in [0.4, 0.5) is 0 Å². The zero-order valence-corrected chi connectivity index (χ0v) is 14.3. The number of para-hydroxylation sites is 2. The van der Waals surface area contributed by atoms with E-state index in [0.29, 0.717) is 12.2 Å². The average Bonchev–Trinajstić information content (AvgIpc) is 3.07. The molecule has 6 nitrogen and oxygen atoms in total. The largest absolute Gasteiger partial charge is 0.491 e. The molecule has 1 aromatic heterocycles. The molecule has 0 radical (unpaired) electrons. The van der Waals surface area contributed by atoms with Crippen molar-refractivity contribution < 1.29 is 19.7 Å². The summed E-state index contributed by atoms with van der Waals surface area (Å²) in [6.45, 7) is 0.225. The lowest BCUT2D eigenvalue weighted by molar-refractivity contribution is -0.139. The molecular formula is C20H22N2O4. The van der Waals surface area contributed by atoms with E-state index in [2.05, 4.69) is 10.3 Å². The van der Waals surface area contributed by atoms with Crippen molar-refractivity contribution >= 4 is 16.9 Å². The SMILES string of the molecule is O=C(O)[C@H](Cc1c[nH]c2ccccc12)NC[C@@H](O)COc1ccccc1. The summed E-state index contributed by atoms with van der Waals surface area (Å²) in [5.74, 6) is -0.286. The Bertz CT molecular complexity index is 847. The minimum atomic E-state index is -0.952. The van der Waals surface area contributed by atoms with Crippen molar-refractivity contribution in [3.05, 3.63) is 66.4 Å². The van der Waals surface area contributed by atoms with Crippen LogP contribution in [0.1, 0.15) is 5.56 Å². The van der Waals surface area contributed by atoms with Crippen LogP contribution in [-0.2, 0) is 11.2 Å². The number of ether oxygens (including phenoxy) is 1. The third-order valence-corrected chi connectivity index (χ3v) is 4.18. The number of aliphatic hydroxyl groups excluding tert-OH is 1. The number of aromatic nitrogens is 1. The lowest BCUT2D eigenvalue weighted by Crippen LogP contribution is -2.43. The molecule has 4 N–H and O–H groups in total. The Balaban J connectivity index is 1.54. The Morgan fingerprint density at radius 2 is 1.85 bits per heavy atom. The number of nitrogens with one attached hydrogen (secondary N) is 2. The van der Waals surface area contributed by atoms with Gasteiger partial charge in [-0.15, -0.1) is 0 Å². The van der Waals surface area contributed by atoms with Crippen LogP contribution in [0.2, 0.25) is 0 Å². The molecule has 3 rings (SSSR count). The smallest absolute Gasteiger partial charge is 0.321 e. The Kier molecular flexibility index (Phi) is 5.88. The van der Waals surface area contributed by atoms with Crippen LogP contribution in [0, 0.1) is 0 Å². The quantitative estimate of drug-likeness (QED) is 0.473. The zero-order chi connectivity index (χ0) is 18.4. The van der Waals surface area contributed by atoms with Gasteiger partial charge in [0.25, 0.3) is 0 Å². The van der Waals surface area contributed by atoms with Gasteiger partial charge in [-0.1, -0.05) is 36.4 Å². The zero-order valence-electron chi connectivity index (χ0n) is 14.3. The first-order valence-electron chi connectivity index (χ1n) is 8.50. The molecule has 0 unspecified atom stereocenters. The van der Waals surface area contributed by atoms with Gasteiger partial charge in [0, 0.05) is 30.1 Å². The summed E-state index contributed by atoms with van der Waals surface area (Å²) >= 11 is 0. The van der Waals surface area contributed by atoms with Crippen molar-refractivity contribution in [3.63, 3.8) is 0 Å². The Morgan fingerprint density at radius 1 is 1.12 bits per heavy atom. The van der Waals surface area contributed by atoms with E-state index in [0.717, 1.165) is 16.5 Å². The van der Waals surface area contributed by atoms with Crippen LogP contribution >= 0.6 is 0 Å². The highest BCUT2D eigenvalue weighted by Crippen LogP contribution is 2.19. The molecular weight excluding hydrogens is 332 g/mol. The van der Waals surface area contributed by atoms with Gasteiger partial charge in [0.05, 0.1) is 0 Å². The predicted octanol–water partition coefficient (Wildman–Crippen LogP) is 2.19. The molecule has 0 saturated carbocycles. The van der Waals surface area contributed by atoms with Gasteiger partial charge in [0.15, 0.2) is 0 Å². The number of aromatic amines is 1. The van der Waals surface area contributed by atoms with Crippen molar-refractivity contribution in [3.8, 4) is 5.75 Å². The number of hydrogen-bond acceptors (Lipinski definition) is 4. The molecule has 0 fully saturated rings. The Morgan fingerprint density at radius 3 is 2.62 bits per heavy atom. The highest BCUT2D eigenvalue weighted by molar-refractivity contribution is 5.84. The number of H-pyrrole nitrogens is 1. The topological polar surface area (TPSA) is 94.6 Å². The number of benzene rings is 2. The van der Waals surface area contributed by atoms with Crippen LogP contribution in [0.25, 0.3) is 10.9 Å². The number of hydrogen-bond donors (Lipinski definition) is 4. The fourth-order valence-corrected chi connectivity index (χ4v) is 2.81. The van der Waals surface area contributed by atoms with Crippen LogP contribution < -0.4 is 10.1 Å². The van der Waals surface area contributed by atoms with Crippen molar-refractivity contribution in [2.24, 2.45) is 0 Å². The molecule has 0 spiro atoms. The molecule has 3 aromatic rings. The van der Waals surface area contributed by atoms with E-state index in [-0.39, 0.29) is 13.2 Å². The number of carboxylic acids is 1. The first-order chi connectivity index (χ1) is 12.6. The van der Waals surface area contributed by atoms with Crippen molar-refractivity contribution in [1.82, 2.24) is 10.3 Å². The van der Waals surface area contributed by atoms with E-state index in [9.17, 15) is 15.0 Å². The van der Waals surface area contributed by atoms with Crippen LogP contribution in [-0.4, -0.2) is 46.5 Å². The molecule has 1 heterocycles. The van der Waals surface area contributed by atoms with E-state index in [1.54, 1.807) is 12.1 Å². The monoisotopic (exact) mass is 354 g/mol. The predicted molar refractivity (Wildman–Crippen MR) is 99.4 cm³/mol. The van der Waals surface area contributed by atoms with E-state index in [1.165, 1.54) is 0 Å². The van der Waals surface area contributed by atoms with Gasteiger partial charge in [-0.05, 0) is 23.8 Å². The highest BCUT2D eigenvalue weighted by Gasteiger charge is 2.20. The van der Waals surface area contributed by atoms with E-state index in [4.69, 9.17) is 4.74 Å². The fraction of sp³-hybridized carbons (Fsp3) is 0.250. The number of carbonyl (C=O) groups is 1. The molecule has 26 heavy (non-hydrogen) atoms. The van der Waals surface area contributed by atoms with Crippen LogP contribution in [0.5, 0.6) is 5.75 Å². The highest BCUT2D eigenvalue weighted by atomic mass is 16.5. The second-order valence-electron chi connectivity index (χ2n) is 6.14. The first-order valence-corrected chi connectivity index (χ1v) is 8.50. The maximum Gasteiger partial charge on any atom is 0.321 e. The number of rotatable bonds is 9. The summed E-state index contributed by atoms with van der Waals surface area (Å²) in [5, 5.41) is 23.5. The Hall–Kier alpha value is -2.83. The van der Waals surface area contributed by atoms with Crippen LogP contribution in [0.3, 0.4) is 0 Å². The molecule has 0 bridgehead atoms. The minimum Gasteiger partial charge on any atom is -0.491 e. The first kappa shape index (κ1) is 18.0. The fourth-order valence-electron chi connectivity index (χ4n) is 2.81. The summed E-state index contributed by atoms with van der Waals surface area (Å²) in [7, 11) is 0. The molecule has 0 aliphatic rings. The average molecular weight is 354 g/mol. The third-order valence-electron chi connectivity index (χ3n) is 4.18. The van der Waals surface area contributed by atoms with E-state index in [1.807, 2.05) is 48.7 Å². The van der Waals surface area contributed by atoms with Crippen molar-refractivity contribution in [2.45, 2.75) is 18.6 Å². The van der Waals surface area contributed by atoms with Gasteiger partial charge in [-0.25, -0.2) is 0 Å². The molecule has 2 aromatic carbocycles. The molecule has 0 amide bonds. The maximum atomic E-state index is 11.6. The number of fused-ring (bicyclic) bond motifs is 1. The van der Waals surface area contributed by atoms with E-state index < -0.39 is 18.1 Å². The van der Waals surface area contributed by atoms with Gasteiger partial charge >= 0.3 is 5.97 Å². The van der Waals surface area contributed by atoms with Gasteiger partial charge in [-0.2, -0.15) is 0 Å². The lowest BCUT2D eigenvalue weighted by atomic mass is 10.0. The van der Waals surface area contributed by atoms with E-state index >= 15 is 0 Å². The van der Waals surface area contributed by atoms with Gasteiger partial charge in [0.1, 0.15) is 24.5 Å². The molecule has 0 saturated heterocycles. The van der Waals surface area contributed by atoms with Gasteiger partial charge in [-0.3, -0.25) is 4.79 Å². The maximum absolute atomic E-state index is 11.6. The molecule has 2 atom stereocenters. The normalized spacial score (nSPS) is 13.4. The summed E-state index contributed by atoms with van der Waals surface area (Å²) in [6.07, 6.45) is 1.35. The van der Waals surface area contributed by atoms with Crippen LogP contribution in [0.15, 0.2) is 60.8 Å². The lowest BCUT2D eigenvalue weighted by Gasteiger charge is -2.18. The molecule has 0 aliphatic carbocycles. The number of aliphatic carboxylic acids is 1. The van der Waals surface area contributed by atoms with Gasteiger partial charge in [0.2, 0.25) is 0 Å². The van der Waals surface area contributed by atoms with Crippen molar-refractivity contribution in [1.29, 1.82) is 0 Å². The van der Waals surface area contributed by atoms with Crippen molar-refractivity contribution in [2.75, 3.05) is 13.2 Å². The summed E-state index contributed by atoms with van der Waals surface area (Å²) in [4.78, 5) is 14.7. The molecule has 136 valence electrons. The second-order valence-corrected chi connectivity index (χ2v) is 6.14. The summed E-state index contributed by atoms with van der Waals surface area (Å²) in [6, 6.07) is 16.2.